The number of methoxy groups -OCH3 is 1. The highest BCUT2D eigenvalue weighted by atomic mass is 79.9. The molecular weight excluding hydrogens is 418 g/mol. The molecule has 0 fully saturated rings. The topological polar surface area (TPSA) is 40.0 Å². The van der Waals surface area contributed by atoms with E-state index in [9.17, 15) is 0 Å². The van der Waals surface area contributed by atoms with Gasteiger partial charge in [-0.05, 0) is 72.6 Å². The summed E-state index contributed by atoms with van der Waals surface area (Å²) in [6.45, 7) is 3.09. The third-order valence-electron chi connectivity index (χ3n) is 4.01. The zero-order valence-electron chi connectivity index (χ0n) is 15.9. The third kappa shape index (κ3) is 5.60. The SMILES string of the molecule is CCOc1ccc(N=Cc2ccc(OCc3ccc(Br)cc3)c(OC)c2)cc1. The molecule has 144 valence electrons. The first kappa shape index (κ1) is 20.0. The highest BCUT2D eigenvalue weighted by Gasteiger charge is 2.06. The van der Waals surface area contributed by atoms with E-state index in [1.165, 1.54) is 0 Å². The summed E-state index contributed by atoms with van der Waals surface area (Å²) in [6.07, 6.45) is 1.80. The minimum absolute atomic E-state index is 0.475. The maximum atomic E-state index is 5.91. The van der Waals surface area contributed by atoms with Crippen LogP contribution < -0.4 is 14.2 Å². The molecule has 0 saturated heterocycles. The predicted octanol–water partition coefficient (Wildman–Crippen LogP) is 6.19. The van der Waals surface area contributed by atoms with Crippen molar-refractivity contribution < 1.29 is 14.2 Å². The molecule has 0 aliphatic carbocycles. The number of hydrogen-bond donors (Lipinski definition) is 0. The van der Waals surface area contributed by atoms with E-state index in [1.807, 2.05) is 73.7 Å². The monoisotopic (exact) mass is 439 g/mol. The van der Waals surface area contributed by atoms with E-state index in [1.54, 1.807) is 13.3 Å². The molecule has 0 aromatic heterocycles. The number of ether oxygens (including phenoxy) is 3. The fraction of sp³-hybridized carbons (Fsp3) is 0.174. The number of benzene rings is 3. The zero-order chi connectivity index (χ0) is 19.8. The number of halogens is 1. The first-order chi connectivity index (χ1) is 13.7. The average Bonchev–Trinajstić information content (AvgIpc) is 2.73. The maximum absolute atomic E-state index is 5.91. The second kappa shape index (κ2) is 9.95. The summed E-state index contributed by atoms with van der Waals surface area (Å²) in [5, 5.41) is 0. The van der Waals surface area contributed by atoms with Gasteiger partial charge < -0.3 is 14.2 Å². The molecule has 0 saturated carbocycles. The predicted molar refractivity (Wildman–Crippen MR) is 116 cm³/mol. The molecule has 0 heterocycles. The van der Waals surface area contributed by atoms with Gasteiger partial charge in [-0.2, -0.15) is 0 Å². The van der Waals surface area contributed by atoms with Crippen LogP contribution in [0.2, 0.25) is 0 Å². The Morgan fingerprint density at radius 1 is 0.893 bits per heavy atom. The van der Waals surface area contributed by atoms with Crippen molar-refractivity contribution in [2.75, 3.05) is 13.7 Å². The van der Waals surface area contributed by atoms with E-state index < -0.39 is 0 Å². The van der Waals surface area contributed by atoms with Gasteiger partial charge in [-0.1, -0.05) is 28.1 Å². The molecule has 0 aliphatic heterocycles. The van der Waals surface area contributed by atoms with Crippen LogP contribution in [0.15, 0.2) is 76.2 Å². The van der Waals surface area contributed by atoms with Crippen LogP contribution in [0.1, 0.15) is 18.1 Å². The standard InChI is InChI=1S/C23H22BrNO3/c1-3-27-21-11-9-20(10-12-21)25-15-18-6-13-22(23(14-18)26-2)28-16-17-4-7-19(24)8-5-17/h4-15H,3,16H2,1-2H3. The molecule has 3 rings (SSSR count). The van der Waals surface area contributed by atoms with Crippen LogP contribution in [0.4, 0.5) is 5.69 Å². The largest absolute Gasteiger partial charge is 0.494 e. The average molecular weight is 440 g/mol. The molecular formula is C23H22BrNO3. The van der Waals surface area contributed by atoms with Crippen molar-refractivity contribution in [1.82, 2.24) is 0 Å². The first-order valence-electron chi connectivity index (χ1n) is 9.00. The van der Waals surface area contributed by atoms with E-state index in [4.69, 9.17) is 14.2 Å². The molecule has 0 atom stereocenters. The number of hydrogen-bond acceptors (Lipinski definition) is 4. The van der Waals surface area contributed by atoms with Crippen molar-refractivity contribution in [2.24, 2.45) is 4.99 Å². The van der Waals surface area contributed by atoms with E-state index in [-0.39, 0.29) is 0 Å². The normalized spacial score (nSPS) is 10.8. The van der Waals surface area contributed by atoms with Gasteiger partial charge in [-0.15, -0.1) is 0 Å². The van der Waals surface area contributed by atoms with E-state index in [2.05, 4.69) is 20.9 Å². The van der Waals surface area contributed by atoms with Gasteiger partial charge in [-0.25, -0.2) is 0 Å². The minimum Gasteiger partial charge on any atom is -0.494 e. The fourth-order valence-corrected chi connectivity index (χ4v) is 2.83. The van der Waals surface area contributed by atoms with Crippen molar-refractivity contribution in [3.8, 4) is 17.2 Å². The molecule has 0 N–H and O–H groups in total. The first-order valence-corrected chi connectivity index (χ1v) is 9.79. The summed E-state index contributed by atoms with van der Waals surface area (Å²) in [7, 11) is 1.63. The maximum Gasteiger partial charge on any atom is 0.161 e. The van der Waals surface area contributed by atoms with Gasteiger partial charge in [0.05, 0.1) is 19.4 Å². The van der Waals surface area contributed by atoms with Crippen molar-refractivity contribution in [2.45, 2.75) is 13.5 Å². The summed E-state index contributed by atoms with van der Waals surface area (Å²) in [5.41, 5.74) is 2.88. The second-order valence-corrected chi connectivity index (χ2v) is 6.93. The highest BCUT2D eigenvalue weighted by molar-refractivity contribution is 9.10. The van der Waals surface area contributed by atoms with E-state index in [0.717, 1.165) is 27.0 Å². The van der Waals surface area contributed by atoms with Crippen LogP contribution in [0.3, 0.4) is 0 Å². The fourth-order valence-electron chi connectivity index (χ4n) is 2.57. The van der Waals surface area contributed by atoms with Crippen molar-refractivity contribution in [3.05, 3.63) is 82.3 Å². The van der Waals surface area contributed by atoms with Crippen LogP contribution >= 0.6 is 15.9 Å². The lowest BCUT2D eigenvalue weighted by atomic mass is 10.2. The van der Waals surface area contributed by atoms with Gasteiger partial charge in [0.1, 0.15) is 12.4 Å². The van der Waals surface area contributed by atoms with Crippen molar-refractivity contribution in [1.29, 1.82) is 0 Å². The van der Waals surface area contributed by atoms with Gasteiger partial charge in [0, 0.05) is 10.7 Å². The Kier molecular flexibility index (Phi) is 7.09. The molecule has 0 aliphatic rings. The quantitative estimate of drug-likeness (QED) is 0.393. The van der Waals surface area contributed by atoms with Gasteiger partial charge in [0.25, 0.3) is 0 Å². The Bertz CT molecular complexity index is 922. The Morgan fingerprint density at radius 3 is 2.32 bits per heavy atom. The van der Waals surface area contributed by atoms with Crippen LogP contribution in [-0.4, -0.2) is 19.9 Å². The molecule has 0 spiro atoms. The summed E-state index contributed by atoms with van der Waals surface area (Å²) < 4.78 is 17.9. The molecule has 0 amide bonds. The molecule has 3 aromatic carbocycles. The Hall–Kier alpha value is -2.79. The van der Waals surface area contributed by atoms with Crippen LogP contribution in [0, 0.1) is 0 Å². The molecule has 5 heteroatoms. The highest BCUT2D eigenvalue weighted by Crippen LogP contribution is 2.29. The lowest BCUT2D eigenvalue weighted by Crippen LogP contribution is -1.98. The molecule has 0 unspecified atom stereocenters. The zero-order valence-corrected chi connectivity index (χ0v) is 17.5. The lowest BCUT2D eigenvalue weighted by molar-refractivity contribution is 0.284. The Morgan fingerprint density at radius 2 is 1.64 bits per heavy atom. The molecule has 4 nitrogen and oxygen atoms in total. The minimum atomic E-state index is 0.475. The van der Waals surface area contributed by atoms with Gasteiger partial charge in [0.15, 0.2) is 11.5 Å². The molecule has 28 heavy (non-hydrogen) atoms. The summed E-state index contributed by atoms with van der Waals surface area (Å²) in [5.74, 6) is 2.21. The lowest BCUT2D eigenvalue weighted by Gasteiger charge is -2.11. The number of aliphatic imine (C=N–C) groups is 1. The van der Waals surface area contributed by atoms with E-state index >= 15 is 0 Å². The number of nitrogens with zero attached hydrogens (tertiary/aromatic N) is 1. The smallest absolute Gasteiger partial charge is 0.161 e. The number of rotatable bonds is 8. The van der Waals surface area contributed by atoms with Crippen LogP contribution in [0.5, 0.6) is 17.2 Å². The van der Waals surface area contributed by atoms with Crippen molar-refractivity contribution >= 4 is 27.8 Å². The Labute approximate surface area is 173 Å². The summed E-state index contributed by atoms with van der Waals surface area (Å²) in [4.78, 5) is 4.50. The van der Waals surface area contributed by atoms with Gasteiger partial charge in [-0.3, -0.25) is 4.99 Å². The second-order valence-electron chi connectivity index (χ2n) is 6.01. The van der Waals surface area contributed by atoms with Crippen LogP contribution in [-0.2, 0) is 6.61 Å². The van der Waals surface area contributed by atoms with Gasteiger partial charge in [0.2, 0.25) is 0 Å². The summed E-state index contributed by atoms with van der Waals surface area (Å²) in [6, 6.07) is 21.5. The molecule has 0 radical (unpaired) electrons. The molecule has 3 aromatic rings. The Balaban J connectivity index is 1.67. The van der Waals surface area contributed by atoms with Crippen LogP contribution in [0.25, 0.3) is 0 Å². The molecule has 0 bridgehead atoms. The summed E-state index contributed by atoms with van der Waals surface area (Å²) >= 11 is 3.43. The van der Waals surface area contributed by atoms with E-state index in [0.29, 0.717) is 24.7 Å². The van der Waals surface area contributed by atoms with Gasteiger partial charge >= 0.3 is 0 Å². The third-order valence-corrected chi connectivity index (χ3v) is 4.53. The van der Waals surface area contributed by atoms with Crippen molar-refractivity contribution in [3.63, 3.8) is 0 Å².